The number of nitrogens with zero attached hydrogens (tertiary/aromatic N) is 2. The predicted octanol–water partition coefficient (Wildman–Crippen LogP) is -0.532. The van der Waals surface area contributed by atoms with Gasteiger partial charge in [-0.3, -0.25) is 0 Å². The van der Waals surface area contributed by atoms with E-state index in [0.29, 0.717) is 6.20 Å². The normalized spacial score (nSPS) is 9.54. The van der Waals surface area contributed by atoms with Crippen molar-refractivity contribution in [3.05, 3.63) is 28.4 Å². The van der Waals surface area contributed by atoms with Crippen molar-refractivity contribution in [3.63, 3.8) is 0 Å². The molecule has 7 nitrogen and oxygen atoms in total. The van der Waals surface area contributed by atoms with E-state index in [1.165, 1.54) is 0 Å². The fourth-order valence-electron chi connectivity index (χ4n) is 0.662. The van der Waals surface area contributed by atoms with Crippen molar-refractivity contribution in [2.45, 2.75) is 0 Å². The highest BCUT2D eigenvalue weighted by Gasteiger charge is 2.09. The Kier molecular flexibility index (Phi) is 2.09. The summed E-state index contributed by atoms with van der Waals surface area (Å²) in [7, 11) is 0. The van der Waals surface area contributed by atoms with Gasteiger partial charge in [0.1, 0.15) is 0 Å². The molecule has 0 aliphatic carbocycles. The zero-order chi connectivity index (χ0) is 10.0. The third-order valence-corrected chi connectivity index (χ3v) is 1.24. The average Bonchev–Trinajstić information content (AvgIpc) is 2.04. The number of aromatic nitrogens is 2. The molecule has 0 spiro atoms. The summed E-state index contributed by atoms with van der Waals surface area (Å²) >= 11 is 0. The van der Waals surface area contributed by atoms with Gasteiger partial charge in [-0.05, 0) is 0 Å². The molecule has 1 aromatic heterocycles. The molecule has 0 saturated heterocycles. The van der Waals surface area contributed by atoms with Crippen molar-refractivity contribution in [2.75, 3.05) is 0 Å². The van der Waals surface area contributed by atoms with Gasteiger partial charge < -0.3 is 10.2 Å². The summed E-state index contributed by atoms with van der Waals surface area (Å²) in [4.78, 5) is 34.4. The van der Waals surface area contributed by atoms with Gasteiger partial charge in [0.2, 0.25) is 0 Å². The lowest BCUT2D eigenvalue weighted by atomic mass is 10.3. The van der Waals surface area contributed by atoms with E-state index in [0.717, 1.165) is 6.20 Å². The molecule has 1 heterocycles. The van der Waals surface area contributed by atoms with Crippen LogP contribution in [0.3, 0.4) is 0 Å². The van der Waals surface area contributed by atoms with Gasteiger partial charge in [0.05, 0.1) is 5.56 Å². The monoisotopic (exact) mass is 184 g/mol. The van der Waals surface area contributed by atoms with Gasteiger partial charge in [-0.15, -0.1) is 0 Å². The molecular formula is C6H4N2O5. The number of carboxylic acids is 1. The van der Waals surface area contributed by atoms with E-state index < -0.39 is 17.8 Å². The summed E-state index contributed by atoms with van der Waals surface area (Å²) in [6.07, 6.45) is -0.0787. The second-order valence-electron chi connectivity index (χ2n) is 2.08. The minimum absolute atomic E-state index is 0.198. The van der Waals surface area contributed by atoms with Crippen molar-refractivity contribution in [1.82, 2.24) is 9.55 Å². The van der Waals surface area contributed by atoms with Crippen LogP contribution in [0.25, 0.3) is 0 Å². The van der Waals surface area contributed by atoms with Gasteiger partial charge in [-0.25, -0.2) is 23.9 Å². The van der Waals surface area contributed by atoms with Crippen molar-refractivity contribution in [1.29, 1.82) is 0 Å². The van der Waals surface area contributed by atoms with Crippen LogP contribution in [0.2, 0.25) is 0 Å². The van der Waals surface area contributed by atoms with Crippen LogP contribution < -0.4 is 5.69 Å². The summed E-state index contributed by atoms with van der Waals surface area (Å²) < 4.78 is 0.198. The minimum Gasteiger partial charge on any atom is -0.478 e. The van der Waals surface area contributed by atoms with E-state index in [2.05, 4.69) is 4.98 Å². The zero-order valence-electron chi connectivity index (χ0n) is 6.17. The molecule has 2 N–H and O–H groups in total. The van der Waals surface area contributed by atoms with Gasteiger partial charge in [-0.2, -0.15) is 0 Å². The lowest BCUT2D eigenvalue weighted by Crippen LogP contribution is -2.28. The Morgan fingerprint density at radius 2 is 2.00 bits per heavy atom. The lowest BCUT2D eigenvalue weighted by molar-refractivity contribution is 0.0695. The molecule has 0 fully saturated rings. The molecular weight excluding hydrogens is 180 g/mol. The molecule has 0 atom stereocenters. The highest BCUT2D eigenvalue weighted by molar-refractivity contribution is 5.87. The second kappa shape index (κ2) is 3.05. The van der Waals surface area contributed by atoms with Crippen LogP contribution in [-0.2, 0) is 0 Å². The first-order valence-electron chi connectivity index (χ1n) is 3.07. The summed E-state index contributed by atoms with van der Waals surface area (Å²) in [5, 5.41) is 16.8. The SMILES string of the molecule is O=C(O)c1cnc(=O)n(C(=O)O)c1. The lowest BCUT2D eigenvalue weighted by Gasteiger charge is -1.97. The largest absolute Gasteiger partial charge is 0.478 e. The second-order valence-corrected chi connectivity index (χ2v) is 2.08. The number of carboxylic acid groups (broad SMARTS) is 2. The van der Waals surface area contributed by atoms with Crippen molar-refractivity contribution < 1.29 is 19.8 Å². The summed E-state index contributed by atoms with van der Waals surface area (Å²) in [5.74, 6) is -1.34. The van der Waals surface area contributed by atoms with Crippen molar-refractivity contribution >= 4 is 12.1 Å². The Morgan fingerprint density at radius 3 is 2.46 bits per heavy atom. The van der Waals surface area contributed by atoms with Crippen LogP contribution in [-0.4, -0.2) is 31.8 Å². The van der Waals surface area contributed by atoms with Gasteiger partial charge in [0.25, 0.3) is 0 Å². The molecule has 1 rings (SSSR count). The molecule has 0 aliphatic rings. The van der Waals surface area contributed by atoms with Gasteiger partial charge in [-0.1, -0.05) is 0 Å². The van der Waals surface area contributed by atoms with Crippen molar-refractivity contribution in [3.8, 4) is 0 Å². The Morgan fingerprint density at radius 1 is 1.38 bits per heavy atom. The third kappa shape index (κ3) is 1.70. The van der Waals surface area contributed by atoms with Crippen LogP contribution in [0.4, 0.5) is 4.79 Å². The minimum atomic E-state index is -1.57. The molecule has 0 aliphatic heterocycles. The van der Waals surface area contributed by atoms with Gasteiger partial charge in [0, 0.05) is 12.4 Å². The van der Waals surface area contributed by atoms with Crippen LogP contribution in [0.15, 0.2) is 17.2 Å². The predicted molar refractivity (Wildman–Crippen MR) is 38.9 cm³/mol. The maximum atomic E-state index is 10.7. The molecule has 0 aromatic carbocycles. The van der Waals surface area contributed by atoms with E-state index in [9.17, 15) is 14.4 Å². The maximum absolute atomic E-state index is 10.7. The van der Waals surface area contributed by atoms with Crippen LogP contribution in [0.5, 0.6) is 0 Å². The Bertz CT molecular complexity index is 421. The molecule has 7 heteroatoms. The number of carbonyl (C=O) groups is 2. The fourth-order valence-corrected chi connectivity index (χ4v) is 0.662. The molecule has 0 bridgehead atoms. The Hall–Kier alpha value is -2.18. The standard InChI is InChI=1S/C6H4N2O5/c9-4(10)3-1-7-5(11)8(2-3)6(12)13/h1-2H,(H,9,10)(H,12,13). The van der Waals surface area contributed by atoms with E-state index >= 15 is 0 Å². The van der Waals surface area contributed by atoms with Crippen molar-refractivity contribution in [2.24, 2.45) is 0 Å². The van der Waals surface area contributed by atoms with Crippen LogP contribution >= 0.6 is 0 Å². The average molecular weight is 184 g/mol. The smallest absolute Gasteiger partial charge is 0.419 e. The quantitative estimate of drug-likeness (QED) is 0.606. The van der Waals surface area contributed by atoms with Gasteiger partial charge in [0.15, 0.2) is 0 Å². The molecule has 0 radical (unpaired) electrons. The Labute approximate surface area is 70.9 Å². The first-order chi connectivity index (χ1) is 6.02. The number of aromatic carboxylic acids is 1. The van der Waals surface area contributed by atoms with E-state index in [-0.39, 0.29) is 10.1 Å². The molecule has 68 valence electrons. The molecule has 0 saturated carbocycles. The Balaban J connectivity index is 3.35. The van der Waals surface area contributed by atoms with E-state index in [1.54, 1.807) is 0 Å². The summed E-state index contributed by atoms with van der Waals surface area (Å²) in [6, 6.07) is 0. The van der Waals surface area contributed by atoms with E-state index in [1.807, 2.05) is 0 Å². The highest BCUT2D eigenvalue weighted by Crippen LogP contribution is 1.92. The number of rotatable bonds is 1. The topological polar surface area (TPSA) is 109 Å². The highest BCUT2D eigenvalue weighted by atomic mass is 16.4. The first-order valence-corrected chi connectivity index (χ1v) is 3.07. The fraction of sp³-hybridized carbons (Fsp3) is 0. The number of hydrogen-bond acceptors (Lipinski definition) is 4. The maximum Gasteiger partial charge on any atom is 0.419 e. The molecule has 0 unspecified atom stereocenters. The molecule has 1 aromatic rings. The molecule has 0 amide bonds. The number of hydrogen-bond donors (Lipinski definition) is 2. The first kappa shape index (κ1) is 8.91. The zero-order valence-corrected chi connectivity index (χ0v) is 6.17. The third-order valence-electron chi connectivity index (χ3n) is 1.24. The van der Waals surface area contributed by atoms with Gasteiger partial charge >= 0.3 is 17.8 Å². The molecule has 13 heavy (non-hydrogen) atoms. The van der Waals surface area contributed by atoms with Crippen LogP contribution in [0.1, 0.15) is 10.4 Å². The summed E-state index contributed by atoms with van der Waals surface area (Å²) in [6.45, 7) is 0. The van der Waals surface area contributed by atoms with E-state index in [4.69, 9.17) is 10.2 Å². The summed E-state index contributed by atoms with van der Waals surface area (Å²) in [5.41, 5.74) is -1.39. The van der Waals surface area contributed by atoms with Crippen LogP contribution in [0, 0.1) is 0 Å².